The number of nitrogens with one attached hydrogen (secondary N) is 2. The molecule has 1 aromatic carbocycles. The fourth-order valence-electron chi connectivity index (χ4n) is 1.75. The van der Waals surface area contributed by atoms with Gasteiger partial charge in [0.2, 0.25) is 11.8 Å². The lowest BCUT2D eigenvalue weighted by molar-refractivity contribution is -0.138. The fraction of sp³-hybridized carbons (Fsp3) is 0.529. The summed E-state index contributed by atoms with van der Waals surface area (Å²) in [4.78, 5) is 26.5. The molecule has 0 aliphatic rings. The van der Waals surface area contributed by atoms with Crippen LogP contribution in [-0.2, 0) is 9.59 Å². The third-order valence-electron chi connectivity index (χ3n) is 3.45. The maximum atomic E-state index is 12.4. The average Bonchev–Trinajstić information content (AvgIpc) is 2.44. The maximum absolute atomic E-state index is 12.4. The summed E-state index contributed by atoms with van der Waals surface area (Å²) in [5.74, 6) is -0.226. The van der Waals surface area contributed by atoms with Crippen LogP contribution in [0.1, 0.15) is 27.7 Å². The van der Waals surface area contributed by atoms with E-state index in [-0.39, 0.29) is 11.8 Å². The molecule has 0 radical (unpaired) electrons. The monoisotopic (exact) mass is 305 g/mol. The molecule has 0 spiro atoms. The Kier molecular flexibility index (Phi) is 5.97. The lowest BCUT2D eigenvalue weighted by Crippen LogP contribution is -2.46. The molecule has 0 bridgehead atoms. The van der Waals surface area contributed by atoms with Crippen molar-refractivity contribution in [2.24, 2.45) is 11.3 Å². The van der Waals surface area contributed by atoms with E-state index < -0.39 is 5.41 Å². The standard InChI is InChI=1S/C17H27N3O2/c1-12(2)11-18-15(21)17(3,4)16(22)19-13-7-9-14(10-8-13)20(5)6/h7-10,12H,11H2,1-6H3,(H,18,21)(H,19,22). The molecule has 5 heteroatoms. The molecule has 5 nitrogen and oxygen atoms in total. The number of carbonyl (C=O) groups excluding carboxylic acids is 2. The predicted molar refractivity (Wildman–Crippen MR) is 91.0 cm³/mol. The van der Waals surface area contributed by atoms with Crippen LogP contribution < -0.4 is 15.5 Å². The normalized spacial score (nSPS) is 11.2. The van der Waals surface area contributed by atoms with Gasteiger partial charge in [-0.3, -0.25) is 9.59 Å². The number of carbonyl (C=O) groups is 2. The van der Waals surface area contributed by atoms with Crippen molar-refractivity contribution in [1.82, 2.24) is 5.32 Å². The molecular weight excluding hydrogens is 278 g/mol. The van der Waals surface area contributed by atoms with Gasteiger partial charge in [0.05, 0.1) is 0 Å². The van der Waals surface area contributed by atoms with Crippen molar-refractivity contribution >= 4 is 23.2 Å². The number of hydrogen-bond acceptors (Lipinski definition) is 3. The first-order valence-corrected chi connectivity index (χ1v) is 7.51. The van der Waals surface area contributed by atoms with Gasteiger partial charge in [0.1, 0.15) is 5.41 Å². The second kappa shape index (κ2) is 7.29. The number of amides is 2. The molecule has 0 heterocycles. The van der Waals surface area contributed by atoms with Crippen molar-refractivity contribution in [3.05, 3.63) is 24.3 Å². The molecule has 0 aliphatic heterocycles. The molecule has 1 rings (SSSR count). The smallest absolute Gasteiger partial charge is 0.239 e. The zero-order chi connectivity index (χ0) is 16.9. The topological polar surface area (TPSA) is 61.4 Å². The number of hydrogen-bond donors (Lipinski definition) is 2. The zero-order valence-corrected chi connectivity index (χ0v) is 14.4. The Bertz CT molecular complexity index is 519. The lowest BCUT2D eigenvalue weighted by Gasteiger charge is -2.23. The third kappa shape index (κ3) is 4.76. The summed E-state index contributed by atoms with van der Waals surface area (Å²) in [6.07, 6.45) is 0. The van der Waals surface area contributed by atoms with E-state index in [9.17, 15) is 9.59 Å². The Balaban J connectivity index is 2.71. The maximum Gasteiger partial charge on any atom is 0.239 e. The van der Waals surface area contributed by atoms with Crippen molar-refractivity contribution in [2.45, 2.75) is 27.7 Å². The van der Waals surface area contributed by atoms with E-state index in [1.807, 2.05) is 57.1 Å². The van der Waals surface area contributed by atoms with E-state index in [1.54, 1.807) is 13.8 Å². The second-order valence-electron chi connectivity index (χ2n) is 6.62. The molecule has 22 heavy (non-hydrogen) atoms. The van der Waals surface area contributed by atoms with Crippen LogP contribution >= 0.6 is 0 Å². The van der Waals surface area contributed by atoms with Gasteiger partial charge in [-0.1, -0.05) is 13.8 Å². The fourth-order valence-corrected chi connectivity index (χ4v) is 1.75. The summed E-state index contributed by atoms with van der Waals surface area (Å²) in [5, 5.41) is 5.61. The van der Waals surface area contributed by atoms with Gasteiger partial charge in [0.25, 0.3) is 0 Å². The third-order valence-corrected chi connectivity index (χ3v) is 3.45. The SMILES string of the molecule is CC(C)CNC(=O)C(C)(C)C(=O)Nc1ccc(N(C)C)cc1. The molecule has 0 fully saturated rings. The van der Waals surface area contributed by atoms with Crippen molar-refractivity contribution in [3.8, 4) is 0 Å². The summed E-state index contributed by atoms with van der Waals surface area (Å²) in [7, 11) is 3.91. The molecule has 1 aromatic rings. The van der Waals surface area contributed by atoms with Gasteiger partial charge < -0.3 is 15.5 Å². The van der Waals surface area contributed by atoms with Crippen LogP contribution in [0, 0.1) is 11.3 Å². The minimum atomic E-state index is -1.12. The lowest BCUT2D eigenvalue weighted by atomic mass is 9.90. The molecule has 0 saturated heterocycles. The van der Waals surface area contributed by atoms with Crippen LogP contribution in [0.3, 0.4) is 0 Å². The molecular formula is C17H27N3O2. The predicted octanol–water partition coefficient (Wildman–Crippen LogP) is 2.49. The zero-order valence-electron chi connectivity index (χ0n) is 14.4. The number of rotatable bonds is 6. The summed E-state index contributed by atoms with van der Waals surface area (Å²) in [6, 6.07) is 7.49. The van der Waals surface area contributed by atoms with Crippen LogP contribution in [0.2, 0.25) is 0 Å². The minimum Gasteiger partial charge on any atom is -0.378 e. The molecule has 0 saturated carbocycles. The summed E-state index contributed by atoms with van der Waals surface area (Å²) in [6.45, 7) is 7.85. The van der Waals surface area contributed by atoms with E-state index in [1.165, 1.54) is 0 Å². The van der Waals surface area contributed by atoms with Crippen molar-refractivity contribution in [1.29, 1.82) is 0 Å². The van der Waals surface area contributed by atoms with Crippen LogP contribution in [0.5, 0.6) is 0 Å². The number of nitrogens with zero attached hydrogens (tertiary/aromatic N) is 1. The van der Waals surface area contributed by atoms with E-state index >= 15 is 0 Å². The van der Waals surface area contributed by atoms with Crippen molar-refractivity contribution in [2.75, 3.05) is 30.9 Å². The quantitative estimate of drug-likeness (QED) is 0.794. The van der Waals surface area contributed by atoms with Crippen LogP contribution in [0.4, 0.5) is 11.4 Å². The first-order chi connectivity index (χ1) is 10.1. The Morgan fingerprint density at radius 3 is 2.09 bits per heavy atom. The average molecular weight is 305 g/mol. The summed E-state index contributed by atoms with van der Waals surface area (Å²) in [5.41, 5.74) is 0.613. The highest BCUT2D eigenvalue weighted by Crippen LogP contribution is 2.21. The van der Waals surface area contributed by atoms with Crippen molar-refractivity contribution in [3.63, 3.8) is 0 Å². The largest absolute Gasteiger partial charge is 0.378 e. The molecule has 2 N–H and O–H groups in total. The first-order valence-electron chi connectivity index (χ1n) is 7.51. The van der Waals surface area contributed by atoms with Crippen LogP contribution in [0.25, 0.3) is 0 Å². The van der Waals surface area contributed by atoms with Gasteiger partial charge >= 0.3 is 0 Å². The molecule has 122 valence electrons. The van der Waals surface area contributed by atoms with Gasteiger partial charge in [-0.05, 0) is 44.0 Å². The van der Waals surface area contributed by atoms with E-state index in [2.05, 4.69) is 10.6 Å². The van der Waals surface area contributed by atoms with Gasteiger partial charge in [-0.15, -0.1) is 0 Å². The van der Waals surface area contributed by atoms with Gasteiger partial charge in [-0.2, -0.15) is 0 Å². The van der Waals surface area contributed by atoms with Crippen LogP contribution in [0.15, 0.2) is 24.3 Å². The Hall–Kier alpha value is -2.04. The van der Waals surface area contributed by atoms with E-state index in [4.69, 9.17) is 0 Å². The van der Waals surface area contributed by atoms with E-state index in [0.29, 0.717) is 18.2 Å². The molecule has 0 aliphatic carbocycles. The summed E-state index contributed by atoms with van der Waals surface area (Å²) >= 11 is 0. The van der Waals surface area contributed by atoms with Gasteiger partial charge in [0, 0.05) is 32.0 Å². The molecule has 2 amide bonds. The second-order valence-corrected chi connectivity index (χ2v) is 6.62. The Labute approximate surface area is 133 Å². The minimum absolute atomic E-state index is 0.261. The summed E-state index contributed by atoms with van der Waals surface area (Å²) < 4.78 is 0. The first kappa shape index (κ1) is 18.0. The highest BCUT2D eigenvalue weighted by molar-refractivity contribution is 6.09. The molecule has 0 aromatic heterocycles. The Morgan fingerprint density at radius 2 is 1.64 bits per heavy atom. The van der Waals surface area contributed by atoms with Crippen molar-refractivity contribution < 1.29 is 9.59 Å². The highest BCUT2D eigenvalue weighted by Gasteiger charge is 2.35. The number of benzene rings is 1. The van der Waals surface area contributed by atoms with Crippen LogP contribution in [-0.4, -0.2) is 32.5 Å². The van der Waals surface area contributed by atoms with E-state index in [0.717, 1.165) is 5.69 Å². The van der Waals surface area contributed by atoms with Gasteiger partial charge in [-0.25, -0.2) is 0 Å². The molecule has 0 unspecified atom stereocenters. The Morgan fingerprint density at radius 1 is 1.09 bits per heavy atom. The highest BCUT2D eigenvalue weighted by atomic mass is 16.2. The van der Waals surface area contributed by atoms with Gasteiger partial charge in [0.15, 0.2) is 0 Å². The number of anilines is 2. The molecule has 0 atom stereocenters.